The molecule has 0 aromatic rings. The first-order chi connectivity index (χ1) is 8.68. The number of nitrogens with one attached hydrogen (secondary N) is 1. The third kappa shape index (κ3) is 3.22. The van der Waals surface area contributed by atoms with E-state index in [0.29, 0.717) is 32.0 Å². The molecule has 1 aliphatic heterocycles. The first kappa shape index (κ1) is 13.3. The van der Waals surface area contributed by atoms with Crippen molar-refractivity contribution < 1.29 is 14.7 Å². The van der Waals surface area contributed by atoms with Gasteiger partial charge in [-0.15, -0.1) is 0 Å². The molecule has 2 fully saturated rings. The molecule has 102 valence electrons. The molecule has 1 amide bonds. The van der Waals surface area contributed by atoms with Crippen molar-refractivity contribution in [1.82, 2.24) is 10.2 Å². The van der Waals surface area contributed by atoms with Crippen molar-refractivity contribution >= 4 is 11.9 Å². The Morgan fingerprint density at radius 2 is 2.00 bits per heavy atom. The van der Waals surface area contributed by atoms with Crippen molar-refractivity contribution in [3.8, 4) is 0 Å². The molecule has 0 bridgehead atoms. The van der Waals surface area contributed by atoms with Gasteiger partial charge < -0.3 is 15.3 Å². The number of amides is 1. The van der Waals surface area contributed by atoms with Gasteiger partial charge in [0.25, 0.3) is 0 Å². The van der Waals surface area contributed by atoms with Crippen molar-refractivity contribution in [2.45, 2.75) is 44.6 Å². The Balaban J connectivity index is 1.83. The molecule has 1 unspecified atom stereocenters. The van der Waals surface area contributed by atoms with Gasteiger partial charge in [-0.25, -0.2) is 4.79 Å². The number of carbonyl (C=O) groups excluding carboxylic acids is 1. The van der Waals surface area contributed by atoms with Gasteiger partial charge in [0.1, 0.15) is 6.04 Å². The van der Waals surface area contributed by atoms with Crippen LogP contribution in [0.2, 0.25) is 0 Å². The minimum atomic E-state index is -0.906. The fourth-order valence-corrected chi connectivity index (χ4v) is 2.99. The summed E-state index contributed by atoms with van der Waals surface area (Å²) in [5.41, 5.74) is 0. The minimum Gasteiger partial charge on any atom is -0.480 e. The van der Waals surface area contributed by atoms with Gasteiger partial charge in [-0.2, -0.15) is 0 Å². The lowest BCUT2D eigenvalue weighted by atomic mass is 10.0. The Labute approximate surface area is 108 Å². The summed E-state index contributed by atoms with van der Waals surface area (Å²) in [6, 6.07) is -0.685. The molecule has 1 saturated carbocycles. The number of aliphatic carboxylic acids is 1. The van der Waals surface area contributed by atoms with E-state index in [-0.39, 0.29) is 5.91 Å². The molecule has 2 N–H and O–H groups in total. The Morgan fingerprint density at radius 3 is 2.67 bits per heavy atom. The average Bonchev–Trinajstić information content (AvgIpc) is 2.89. The first-order valence-electron chi connectivity index (χ1n) is 6.91. The predicted octanol–water partition coefficient (Wildman–Crippen LogP) is 0.842. The van der Waals surface area contributed by atoms with Crippen LogP contribution in [0.15, 0.2) is 0 Å². The molecule has 1 atom stereocenters. The second-order valence-corrected chi connectivity index (χ2v) is 5.33. The highest BCUT2D eigenvalue weighted by Gasteiger charge is 2.31. The Bertz CT molecular complexity index is 313. The zero-order valence-electron chi connectivity index (χ0n) is 10.7. The van der Waals surface area contributed by atoms with Crippen LogP contribution < -0.4 is 5.32 Å². The van der Waals surface area contributed by atoms with Crippen LogP contribution in [0.3, 0.4) is 0 Å². The fraction of sp³-hybridized carbons (Fsp3) is 0.846. The molecule has 0 radical (unpaired) electrons. The van der Waals surface area contributed by atoms with Gasteiger partial charge in [0, 0.05) is 26.1 Å². The SMILES string of the molecule is O=C(O)C1CNCCN1C(=O)CCC1CCCC1. The summed E-state index contributed by atoms with van der Waals surface area (Å²) in [6.45, 7) is 1.57. The lowest BCUT2D eigenvalue weighted by Gasteiger charge is -2.33. The van der Waals surface area contributed by atoms with Crippen LogP contribution in [0.1, 0.15) is 38.5 Å². The van der Waals surface area contributed by atoms with Crippen LogP contribution in [0, 0.1) is 5.92 Å². The molecule has 2 rings (SSSR count). The van der Waals surface area contributed by atoms with E-state index in [1.807, 2.05) is 0 Å². The lowest BCUT2D eigenvalue weighted by molar-refractivity contribution is -0.151. The lowest BCUT2D eigenvalue weighted by Crippen LogP contribution is -2.56. The number of carboxylic acids is 1. The normalized spacial score (nSPS) is 25.3. The highest BCUT2D eigenvalue weighted by Crippen LogP contribution is 2.28. The van der Waals surface area contributed by atoms with Crippen molar-refractivity contribution in [2.24, 2.45) is 5.92 Å². The van der Waals surface area contributed by atoms with Gasteiger partial charge in [0.2, 0.25) is 5.91 Å². The number of carbonyl (C=O) groups is 2. The molecule has 5 heteroatoms. The van der Waals surface area contributed by atoms with Gasteiger partial charge in [0.15, 0.2) is 0 Å². The van der Waals surface area contributed by atoms with E-state index < -0.39 is 12.0 Å². The number of rotatable bonds is 4. The van der Waals surface area contributed by atoms with Crippen LogP contribution in [0.25, 0.3) is 0 Å². The molecule has 1 heterocycles. The third-order valence-electron chi connectivity index (χ3n) is 4.09. The fourth-order valence-electron chi connectivity index (χ4n) is 2.99. The zero-order valence-corrected chi connectivity index (χ0v) is 10.7. The standard InChI is InChI=1S/C13H22N2O3/c16-12(6-5-10-3-1-2-4-10)15-8-7-14-9-11(15)13(17)18/h10-11,14H,1-9H2,(H,17,18). The van der Waals surface area contributed by atoms with Gasteiger partial charge in [0.05, 0.1) is 0 Å². The molecule has 1 saturated heterocycles. The molecule has 0 aromatic carbocycles. The van der Waals surface area contributed by atoms with Crippen LogP contribution in [-0.4, -0.2) is 47.6 Å². The predicted molar refractivity (Wildman–Crippen MR) is 67.2 cm³/mol. The molecular formula is C13H22N2O3. The molecule has 1 aliphatic carbocycles. The number of carboxylic acid groups (broad SMARTS) is 1. The maximum absolute atomic E-state index is 12.1. The second-order valence-electron chi connectivity index (χ2n) is 5.33. The van der Waals surface area contributed by atoms with E-state index in [4.69, 9.17) is 5.11 Å². The summed E-state index contributed by atoms with van der Waals surface area (Å²) in [4.78, 5) is 24.7. The maximum atomic E-state index is 12.1. The highest BCUT2D eigenvalue weighted by molar-refractivity contribution is 5.84. The van der Waals surface area contributed by atoms with E-state index in [1.54, 1.807) is 0 Å². The van der Waals surface area contributed by atoms with Gasteiger partial charge in [-0.3, -0.25) is 4.79 Å². The van der Waals surface area contributed by atoms with Crippen molar-refractivity contribution in [1.29, 1.82) is 0 Å². The molecule has 0 aromatic heterocycles. The molecular weight excluding hydrogens is 232 g/mol. The Hall–Kier alpha value is -1.10. The monoisotopic (exact) mass is 254 g/mol. The average molecular weight is 254 g/mol. The van der Waals surface area contributed by atoms with E-state index in [0.717, 1.165) is 6.42 Å². The highest BCUT2D eigenvalue weighted by atomic mass is 16.4. The second kappa shape index (κ2) is 6.18. The van der Waals surface area contributed by atoms with Crippen molar-refractivity contribution in [3.63, 3.8) is 0 Å². The van der Waals surface area contributed by atoms with Gasteiger partial charge >= 0.3 is 5.97 Å². The number of hydrogen-bond donors (Lipinski definition) is 2. The van der Waals surface area contributed by atoms with Crippen LogP contribution >= 0.6 is 0 Å². The summed E-state index contributed by atoms with van der Waals surface area (Å²) in [6.07, 6.45) is 6.46. The molecule has 5 nitrogen and oxygen atoms in total. The zero-order chi connectivity index (χ0) is 13.0. The number of piperazine rings is 1. The maximum Gasteiger partial charge on any atom is 0.327 e. The summed E-state index contributed by atoms with van der Waals surface area (Å²) >= 11 is 0. The van der Waals surface area contributed by atoms with E-state index >= 15 is 0 Å². The largest absolute Gasteiger partial charge is 0.480 e. The topological polar surface area (TPSA) is 69.6 Å². The third-order valence-corrected chi connectivity index (χ3v) is 4.09. The minimum absolute atomic E-state index is 0.0100. The molecule has 18 heavy (non-hydrogen) atoms. The summed E-state index contributed by atoms with van der Waals surface area (Å²) in [7, 11) is 0. The van der Waals surface area contributed by atoms with E-state index in [9.17, 15) is 9.59 Å². The quantitative estimate of drug-likeness (QED) is 0.780. The first-order valence-corrected chi connectivity index (χ1v) is 6.91. The van der Waals surface area contributed by atoms with Crippen LogP contribution in [0.5, 0.6) is 0 Å². The van der Waals surface area contributed by atoms with Gasteiger partial charge in [-0.05, 0) is 12.3 Å². The van der Waals surface area contributed by atoms with Crippen molar-refractivity contribution in [2.75, 3.05) is 19.6 Å². The number of hydrogen-bond acceptors (Lipinski definition) is 3. The molecule has 0 spiro atoms. The Morgan fingerprint density at radius 1 is 1.28 bits per heavy atom. The van der Waals surface area contributed by atoms with Crippen molar-refractivity contribution in [3.05, 3.63) is 0 Å². The summed E-state index contributed by atoms with van der Waals surface area (Å²) in [5.74, 6) is -0.215. The molecule has 2 aliphatic rings. The van der Waals surface area contributed by atoms with E-state index in [2.05, 4.69) is 5.32 Å². The smallest absolute Gasteiger partial charge is 0.327 e. The summed E-state index contributed by atoms with van der Waals surface area (Å²) < 4.78 is 0. The van der Waals surface area contributed by atoms with E-state index in [1.165, 1.54) is 30.6 Å². The summed E-state index contributed by atoms with van der Waals surface area (Å²) in [5, 5.41) is 12.1. The number of nitrogens with zero attached hydrogens (tertiary/aromatic N) is 1. The van der Waals surface area contributed by atoms with Crippen LogP contribution in [-0.2, 0) is 9.59 Å². The Kier molecular flexibility index (Phi) is 4.58. The van der Waals surface area contributed by atoms with Crippen LogP contribution in [0.4, 0.5) is 0 Å². The van der Waals surface area contributed by atoms with Gasteiger partial charge in [-0.1, -0.05) is 25.7 Å².